The lowest BCUT2D eigenvalue weighted by atomic mass is 10.0. The molecule has 1 aliphatic rings. The van der Waals surface area contributed by atoms with Gasteiger partial charge in [0.2, 0.25) is 11.8 Å². The smallest absolute Gasteiger partial charge is 0.408 e. The first-order valence-electron chi connectivity index (χ1n) is 17.1. The van der Waals surface area contributed by atoms with Crippen molar-refractivity contribution in [1.29, 1.82) is 0 Å². The third-order valence-corrected chi connectivity index (χ3v) is 10.6. The molecule has 284 valence electrons. The third-order valence-electron chi connectivity index (χ3n) is 8.30. The summed E-state index contributed by atoms with van der Waals surface area (Å²) in [6, 6.07) is 21.4. The molecule has 3 aromatic carbocycles. The maximum atomic E-state index is 13.9. The molecule has 0 spiro atoms. The molecule has 0 unspecified atom stereocenters. The van der Waals surface area contributed by atoms with Crippen molar-refractivity contribution in [3.8, 4) is 0 Å². The number of ether oxygens (including phenoxy) is 1. The summed E-state index contributed by atoms with van der Waals surface area (Å²) >= 11 is 0. The van der Waals surface area contributed by atoms with Crippen LogP contribution in [0, 0.1) is 5.92 Å². The number of nitrogens with zero attached hydrogens (tertiary/aromatic N) is 1. The molecule has 3 aromatic rings. The van der Waals surface area contributed by atoms with Crippen molar-refractivity contribution < 1.29 is 44.9 Å². The van der Waals surface area contributed by atoms with E-state index in [1.54, 1.807) is 80.6 Å². The van der Waals surface area contributed by atoms with Crippen LogP contribution in [0.5, 0.6) is 0 Å². The van der Waals surface area contributed by atoms with Crippen molar-refractivity contribution in [3.63, 3.8) is 0 Å². The van der Waals surface area contributed by atoms with Crippen molar-refractivity contribution in [2.45, 2.75) is 75.8 Å². The lowest BCUT2D eigenvalue weighted by Gasteiger charge is -2.31. The van der Waals surface area contributed by atoms with Gasteiger partial charge in [-0.25, -0.2) is 17.9 Å². The van der Waals surface area contributed by atoms with Gasteiger partial charge in [-0.1, -0.05) is 98.8 Å². The van der Waals surface area contributed by atoms with Crippen LogP contribution in [0.15, 0.2) is 107 Å². The van der Waals surface area contributed by atoms with Gasteiger partial charge in [0.25, 0.3) is 26.0 Å². The standard InChI is InChI=1S/C37H44N4O10S2/c1-27(2)33(36(44)41-23-14-22-32(41)35(43)40-53(48,49)30-19-10-5-11-20-30)39-34(42)31(38-37(45)50-25-28-15-6-3-7-16-28)21-12-13-24-52(46,47)51-26-29-17-8-4-9-18-29/h3-11,13,15-20,24,27,31-33H,12,14,21-23,25-26H2,1-2H3,(H,38,45)(H,39,42)(H,40,43)/b24-13+/t31-,32-,33-/m0/s1. The molecule has 53 heavy (non-hydrogen) atoms. The Kier molecular flexibility index (Phi) is 14.7. The van der Waals surface area contributed by atoms with Crippen LogP contribution in [0.1, 0.15) is 50.7 Å². The first-order chi connectivity index (χ1) is 25.3. The Morgan fingerprint density at radius 3 is 2.02 bits per heavy atom. The van der Waals surface area contributed by atoms with Gasteiger partial charge < -0.3 is 20.3 Å². The second-order valence-electron chi connectivity index (χ2n) is 12.7. The number of sulfonamides is 1. The number of benzene rings is 3. The summed E-state index contributed by atoms with van der Waals surface area (Å²) < 4.78 is 63.0. The maximum Gasteiger partial charge on any atom is 0.408 e. The van der Waals surface area contributed by atoms with Crippen LogP contribution in [-0.2, 0) is 56.7 Å². The lowest BCUT2D eigenvalue weighted by molar-refractivity contribution is -0.142. The maximum absolute atomic E-state index is 13.9. The molecule has 3 atom stereocenters. The van der Waals surface area contributed by atoms with E-state index in [0.717, 1.165) is 5.41 Å². The molecule has 14 nitrogen and oxygen atoms in total. The first-order valence-corrected chi connectivity index (χ1v) is 20.0. The Balaban J connectivity index is 1.44. The molecular weight excluding hydrogens is 725 g/mol. The number of nitrogens with one attached hydrogen (secondary N) is 3. The number of hydrogen-bond acceptors (Lipinski definition) is 10. The molecule has 1 fully saturated rings. The summed E-state index contributed by atoms with van der Waals surface area (Å²) in [7, 11) is -8.26. The van der Waals surface area contributed by atoms with Crippen molar-refractivity contribution >= 4 is 44.0 Å². The predicted octanol–water partition coefficient (Wildman–Crippen LogP) is 3.76. The van der Waals surface area contributed by atoms with E-state index in [2.05, 4.69) is 15.4 Å². The Bertz CT molecular complexity index is 1940. The largest absolute Gasteiger partial charge is 0.445 e. The number of allylic oxidation sites excluding steroid dienone is 1. The highest BCUT2D eigenvalue weighted by Crippen LogP contribution is 2.22. The normalized spacial score (nSPS) is 15.8. The van der Waals surface area contributed by atoms with Gasteiger partial charge in [0, 0.05) is 6.54 Å². The number of carbonyl (C=O) groups excluding carboxylic acids is 4. The fourth-order valence-corrected chi connectivity index (χ4v) is 7.28. The van der Waals surface area contributed by atoms with Crippen LogP contribution in [0.2, 0.25) is 0 Å². The minimum Gasteiger partial charge on any atom is -0.445 e. The number of rotatable bonds is 17. The van der Waals surface area contributed by atoms with Gasteiger partial charge in [0.1, 0.15) is 24.7 Å². The van der Waals surface area contributed by atoms with Gasteiger partial charge >= 0.3 is 6.09 Å². The molecule has 4 rings (SSSR count). The van der Waals surface area contributed by atoms with E-state index in [4.69, 9.17) is 8.92 Å². The lowest BCUT2D eigenvalue weighted by Crippen LogP contribution is -2.58. The first kappa shape index (κ1) is 40.7. The average molecular weight is 769 g/mol. The number of hydrogen-bond donors (Lipinski definition) is 3. The summed E-state index contributed by atoms with van der Waals surface area (Å²) in [6.45, 7) is 3.28. The SMILES string of the molecule is CC(C)[C@H](NC(=O)[C@H](CC/C=C/S(=O)(=O)OCc1ccccc1)NC(=O)OCc1ccccc1)C(=O)N1CCC[C@H]1C(=O)NS(=O)(=O)c1ccccc1. The molecule has 1 saturated heterocycles. The molecular formula is C37H44N4O10S2. The van der Waals surface area contributed by atoms with Crippen LogP contribution in [0.4, 0.5) is 4.79 Å². The highest BCUT2D eigenvalue weighted by molar-refractivity contribution is 7.90. The molecule has 0 aromatic heterocycles. The monoisotopic (exact) mass is 768 g/mol. The number of alkyl carbamates (subject to hydrolysis) is 1. The zero-order valence-electron chi connectivity index (χ0n) is 29.4. The van der Waals surface area contributed by atoms with Gasteiger partial charge in [0.05, 0.1) is 16.9 Å². The van der Waals surface area contributed by atoms with Crippen LogP contribution in [0.25, 0.3) is 0 Å². The van der Waals surface area contributed by atoms with E-state index in [-0.39, 0.29) is 43.9 Å². The summed E-state index contributed by atoms with van der Waals surface area (Å²) in [5.74, 6) is -2.71. The predicted molar refractivity (Wildman–Crippen MR) is 195 cm³/mol. The average Bonchev–Trinajstić information content (AvgIpc) is 3.65. The Hall–Kier alpha value is -5.06. The molecule has 1 heterocycles. The van der Waals surface area contributed by atoms with E-state index in [9.17, 15) is 36.0 Å². The Morgan fingerprint density at radius 1 is 0.830 bits per heavy atom. The van der Waals surface area contributed by atoms with Gasteiger partial charge in [0.15, 0.2) is 0 Å². The third kappa shape index (κ3) is 12.5. The minimum absolute atomic E-state index is 0.00945. The van der Waals surface area contributed by atoms with Crippen LogP contribution < -0.4 is 15.4 Å². The molecule has 0 radical (unpaired) electrons. The molecule has 3 N–H and O–H groups in total. The van der Waals surface area contributed by atoms with Crippen molar-refractivity contribution in [1.82, 2.24) is 20.3 Å². The van der Waals surface area contributed by atoms with Gasteiger partial charge in [-0.05, 0) is 54.9 Å². The van der Waals surface area contributed by atoms with Gasteiger partial charge in [-0.3, -0.25) is 18.6 Å². The Morgan fingerprint density at radius 2 is 1.42 bits per heavy atom. The highest BCUT2D eigenvalue weighted by Gasteiger charge is 2.40. The molecule has 0 saturated carbocycles. The number of carbonyl (C=O) groups is 4. The molecule has 4 amide bonds. The van der Waals surface area contributed by atoms with Crippen LogP contribution in [-0.4, -0.2) is 70.2 Å². The van der Waals surface area contributed by atoms with Gasteiger partial charge in [-0.15, -0.1) is 0 Å². The highest BCUT2D eigenvalue weighted by atomic mass is 32.2. The molecule has 0 bridgehead atoms. The second-order valence-corrected chi connectivity index (χ2v) is 15.8. The number of amides is 4. The summed E-state index contributed by atoms with van der Waals surface area (Å²) in [5.41, 5.74) is 1.37. The van der Waals surface area contributed by atoms with Crippen molar-refractivity contribution in [3.05, 3.63) is 114 Å². The van der Waals surface area contributed by atoms with Crippen LogP contribution >= 0.6 is 0 Å². The molecule has 16 heteroatoms. The fourth-order valence-electron chi connectivity index (χ4n) is 5.50. The minimum atomic E-state index is -4.19. The Labute approximate surface area is 310 Å². The summed E-state index contributed by atoms with van der Waals surface area (Å²) in [4.78, 5) is 54.8. The fraction of sp³-hybridized carbons (Fsp3) is 0.351. The zero-order chi connectivity index (χ0) is 38.4. The van der Waals surface area contributed by atoms with Crippen molar-refractivity contribution in [2.75, 3.05) is 6.54 Å². The second kappa shape index (κ2) is 19.1. The topological polar surface area (TPSA) is 194 Å². The quantitative estimate of drug-likeness (QED) is 0.170. The van der Waals surface area contributed by atoms with Gasteiger partial charge in [-0.2, -0.15) is 8.42 Å². The van der Waals surface area contributed by atoms with E-state index < -0.39 is 68.0 Å². The molecule has 1 aliphatic heterocycles. The summed E-state index contributed by atoms with van der Waals surface area (Å²) in [6.07, 6.45) is 0.940. The van der Waals surface area contributed by atoms with Crippen LogP contribution in [0.3, 0.4) is 0 Å². The number of likely N-dealkylation sites (tertiary alicyclic amines) is 1. The van der Waals surface area contributed by atoms with E-state index in [0.29, 0.717) is 17.5 Å². The van der Waals surface area contributed by atoms with E-state index in [1.807, 2.05) is 0 Å². The molecule has 0 aliphatic carbocycles. The van der Waals surface area contributed by atoms with Crippen molar-refractivity contribution in [2.24, 2.45) is 5.92 Å². The van der Waals surface area contributed by atoms with E-state index in [1.165, 1.54) is 35.2 Å². The van der Waals surface area contributed by atoms with E-state index >= 15 is 0 Å². The summed E-state index contributed by atoms with van der Waals surface area (Å²) in [5, 5.41) is 6.06. The zero-order valence-corrected chi connectivity index (χ0v) is 31.1.